The van der Waals surface area contributed by atoms with Gasteiger partial charge in [0, 0.05) is 29.6 Å². The largest absolute Gasteiger partial charge is 0.337 e. The van der Waals surface area contributed by atoms with E-state index in [0.717, 1.165) is 4.47 Å². The lowest BCUT2D eigenvalue weighted by Gasteiger charge is -2.11. The van der Waals surface area contributed by atoms with Crippen molar-refractivity contribution in [3.63, 3.8) is 0 Å². The molecule has 1 aromatic heterocycles. The van der Waals surface area contributed by atoms with Crippen LogP contribution in [0.1, 0.15) is 24.2 Å². The molecular formula is C15H15BrFN3O2. The van der Waals surface area contributed by atoms with Gasteiger partial charge in [-0.25, -0.2) is 4.39 Å². The zero-order valence-corrected chi connectivity index (χ0v) is 13.8. The smallest absolute Gasteiger partial charge is 0.246 e. The first-order valence-corrected chi connectivity index (χ1v) is 7.48. The zero-order chi connectivity index (χ0) is 16.1. The van der Waals surface area contributed by atoms with Crippen LogP contribution in [0.25, 0.3) is 6.08 Å². The standard InChI is InChI=1S/C15H15BrFN3O2/c1-3-13-18-14(22-19-13)9-20(2)15(21)7-4-10-8-11(16)5-6-12(10)17/h4-8H,3,9H2,1-2H3/b7-4+. The SMILES string of the molecule is CCc1noc(CN(C)C(=O)/C=C/c2cc(Br)ccc2F)n1. The third-order valence-corrected chi connectivity index (χ3v) is 3.43. The molecule has 116 valence electrons. The number of rotatable bonds is 5. The summed E-state index contributed by atoms with van der Waals surface area (Å²) < 4.78 is 19.4. The molecule has 7 heteroatoms. The first-order valence-electron chi connectivity index (χ1n) is 6.69. The fourth-order valence-electron chi connectivity index (χ4n) is 1.71. The van der Waals surface area contributed by atoms with Crippen molar-refractivity contribution in [1.82, 2.24) is 15.0 Å². The highest BCUT2D eigenvalue weighted by molar-refractivity contribution is 9.10. The summed E-state index contributed by atoms with van der Waals surface area (Å²) in [7, 11) is 1.61. The Balaban J connectivity index is 2.01. The van der Waals surface area contributed by atoms with E-state index in [1.807, 2.05) is 6.92 Å². The second-order valence-corrected chi connectivity index (χ2v) is 5.57. The predicted octanol–water partition coefficient (Wildman–Crippen LogP) is 3.21. The molecule has 0 saturated carbocycles. The summed E-state index contributed by atoms with van der Waals surface area (Å²) >= 11 is 3.26. The van der Waals surface area contributed by atoms with Crippen LogP contribution in [0.5, 0.6) is 0 Å². The number of likely N-dealkylation sites (N-methyl/N-ethyl adjacent to an activating group) is 1. The van der Waals surface area contributed by atoms with Crippen molar-refractivity contribution in [2.45, 2.75) is 19.9 Å². The van der Waals surface area contributed by atoms with Gasteiger partial charge < -0.3 is 9.42 Å². The van der Waals surface area contributed by atoms with Crippen LogP contribution in [-0.2, 0) is 17.8 Å². The van der Waals surface area contributed by atoms with Crippen molar-refractivity contribution in [1.29, 1.82) is 0 Å². The number of hydrogen-bond donors (Lipinski definition) is 0. The molecule has 0 aliphatic rings. The summed E-state index contributed by atoms with van der Waals surface area (Å²) in [4.78, 5) is 17.6. The molecular weight excluding hydrogens is 353 g/mol. The number of halogens is 2. The van der Waals surface area contributed by atoms with Gasteiger partial charge >= 0.3 is 0 Å². The van der Waals surface area contributed by atoms with Crippen LogP contribution in [0.4, 0.5) is 4.39 Å². The summed E-state index contributed by atoms with van der Waals surface area (Å²) in [6.45, 7) is 2.12. The molecule has 2 rings (SSSR count). The molecule has 0 atom stereocenters. The number of aryl methyl sites for hydroxylation is 1. The van der Waals surface area contributed by atoms with Gasteiger partial charge in [-0.2, -0.15) is 4.98 Å². The number of aromatic nitrogens is 2. The molecule has 0 fully saturated rings. The van der Waals surface area contributed by atoms with E-state index in [9.17, 15) is 9.18 Å². The summed E-state index contributed by atoms with van der Waals surface area (Å²) in [5.74, 6) is 0.298. The van der Waals surface area contributed by atoms with Gasteiger partial charge in [0.25, 0.3) is 0 Å². The van der Waals surface area contributed by atoms with Gasteiger partial charge in [0.05, 0.1) is 6.54 Å². The molecule has 1 aromatic carbocycles. The fraction of sp³-hybridized carbons (Fsp3) is 0.267. The van der Waals surface area contributed by atoms with E-state index in [0.29, 0.717) is 23.7 Å². The van der Waals surface area contributed by atoms with Crippen molar-refractivity contribution in [2.75, 3.05) is 7.05 Å². The van der Waals surface area contributed by atoms with Gasteiger partial charge in [-0.05, 0) is 24.3 Å². The van der Waals surface area contributed by atoms with Gasteiger partial charge in [0.1, 0.15) is 5.82 Å². The van der Waals surface area contributed by atoms with E-state index in [2.05, 4.69) is 26.1 Å². The van der Waals surface area contributed by atoms with Gasteiger partial charge in [0.15, 0.2) is 5.82 Å². The van der Waals surface area contributed by atoms with Crippen molar-refractivity contribution in [3.8, 4) is 0 Å². The van der Waals surface area contributed by atoms with E-state index in [1.54, 1.807) is 19.2 Å². The summed E-state index contributed by atoms with van der Waals surface area (Å²) in [6, 6.07) is 4.54. The number of benzene rings is 1. The maximum Gasteiger partial charge on any atom is 0.246 e. The van der Waals surface area contributed by atoms with E-state index >= 15 is 0 Å². The van der Waals surface area contributed by atoms with Crippen molar-refractivity contribution >= 4 is 27.9 Å². The van der Waals surface area contributed by atoms with Crippen molar-refractivity contribution < 1.29 is 13.7 Å². The van der Waals surface area contributed by atoms with Gasteiger partial charge in [0.2, 0.25) is 11.8 Å². The van der Waals surface area contributed by atoms with Gasteiger partial charge in [-0.1, -0.05) is 28.0 Å². The van der Waals surface area contributed by atoms with Gasteiger partial charge in [-0.3, -0.25) is 4.79 Å². The van der Waals surface area contributed by atoms with Crippen LogP contribution in [0.3, 0.4) is 0 Å². The number of amides is 1. The lowest BCUT2D eigenvalue weighted by atomic mass is 10.2. The predicted molar refractivity (Wildman–Crippen MR) is 83.3 cm³/mol. The lowest BCUT2D eigenvalue weighted by molar-refractivity contribution is -0.125. The number of carbonyl (C=O) groups is 1. The summed E-state index contributed by atoms with van der Waals surface area (Å²) in [5.41, 5.74) is 0.335. The molecule has 0 saturated heterocycles. The molecule has 0 radical (unpaired) electrons. The van der Waals surface area contributed by atoms with Crippen LogP contribution < -0.4 is 0 Å². The molecule has 0 spiro atoms. The van der Waals surface area contributed by atoms with Crippen molar-refractivity contribution in [2.24, 2.45) is 0 Å². The third-order valence-electron chi connectivity index (χ3n) is 2.94. The first-order chi connectivity index (χ1) is 10.5. The Hall–Kier alpha value is -2.02. The highest BCUT2D eigenvalue weighted by atomic mass is 79.9. The molecule has 0 aliphatic heterocycles. The second kappa shape index (κ2) is 7.31. The number of carbonyl (C=O) groups excluding carboxylic acids is 1. The maximum atomic E-state index is 13.6. The fourth-order valence-corrected chi connectivity index (χ4v) is 2.09. The van der Waals surface area contributed by atoms with Crippen LogP contribution in [0, 0.1) is 5.82 Å². The minimum atomic E-state index is -0.389. The Bertz CT molecular complexity index is 700. The van der Waals surface area contributed by atoms with Crippen LogP contribution in [0.15, 0.2) is 33.3 Å². The Morgan fingerprint density at radius 1 is 1.50 bits per heavy atom. The van der Waals surface area contributed by atoms with E-state index in [-0.39, 0.29) is 18.3 Å². The molecule has 5 nitrogen and oxygen atoms in total. The Morgan fingerprint density at radius 2 is 2.27 bits per heavy atom. The summed E-state index contributed by atoms with van der Waals surface area (Å²) in [5, 5.41) is 3.77. The topological polar surface area (TPSA) is 59.2 Å². The molecule has 22 heavy (non-hydrogen) atoms. The average molecular weight is 368 g/mol. The monoisotopic (exact) mass is 367 g/mol. The van der Waals surface area contributed by atoms with Crippen molar-refractivity contribution in [3.05, 3.63) is 51.8 Å². The Labute approximate surface area is 135 Å². The normalized spacial score (nSPS) is 11.1. The van der Waals surface area contributed by atoms with Crippen LogP contribution >= 0.6 is 15.9 Å². The molecule has 1 amide bonds. The van der Waals surface area contributed by atoms with E-state index in [4.69, 9.17) is 4.52 Å². The number of hydrogen-bond acceptors (Lipinski definition) is 4. The van der Waals surface area contributed by atoms with E-state index in [1.165, 1.54) is 23.1 Å². The molecule has 0 bridgehead atoms. The van der Waals surface area contributed by atoms with Crippen LogP contribution in [-0.4, -0.2) is 28.0 Å². The molecule has 0 unspecified atom stereocenters. The third kappa shape index (κ3) is 4.24. The second-order valence-electron chi connectivity index (χ2n) is 4.65. The quantitative estimate of drug-likeness (QED) is 0.761. The van der Waals surface area contributed by atoms with Crippen LogP contribution in [0.2, 0.25) is 0 Å². The minimum absolute atomic E-state index is 0.205. The number of nitrogens with zero attached hydrogens (tertiary/aromatic N) is 3. The molecule has 2 aromatic rings. The van der Waals surface area contributed by atoms with Gasteiger partial charge in [-0.15, -0.1) is 0 Å². The molecule has 0 aliphatic carbocycles. The first kappa shape index (κ1) is 16.4. The highest BCUT2D eigenvalue weighted by Crippen LogP contribution is 2.16. The highest BCUT2D eigenvalue weighted by Gasteiger charge is 2.11. The average Bonchev–Trinajstić information content (AvgIpc) is 2.95. The maximum absolute atomic E-state index is 13.6. The minimum Gasteiger partial charge on any atom is -0.337 e. The molecule has 0 N–H and O–H groups in total. The lowest BCUT2D eigenvalue weighted by Crippen LogP contribution is -2.24. The summed E-state index contributed by atoms with van der Waals surface area (Å²) in [6.07, 6.45) is 3.41. The Kier molecular flexibility index (Phi) is 5.43. The Morgan fingerprint density at radius 3 is 2.95 bits per heavy atom. The molecule has 1 heterocycles. The van der Waals surface area contributed by atoms with E-state index < -0.39 is 0 Å². The zero-order valence-electron chi connectivity index (χ0n) is 12.2.